The van der Waals surface area contributed by atoms with Crippen LogP contribution in [0.3, 0.4) is 0 Å². The topological polar surface area (TPSA) is 61.4 Å². The summed E-state index contributed by atoms with van der Waals surface area (Å²) in [5.41, 5.74) is 0.634. The van der Waals surface area contributed by atoms with Gasteiger partial charge >= 0.3 is 6.03 Å². The van der Waals surface area contributed by atoms with Gasteiger partial charge < -0.3 is 15.5 Å². The number of carbonyl (C=O) groups excluding carboxylic acids is 2. The van der Waals surface area contributed by atoms with Crippen LogP contribution in [0.4, 0.5) is 9.18 Å². The molecule has 1 aromatic carbocycles. The number of allylic oxidation sites excluding steroid dienone is 2. The molecule has 3 amide bonds. The molecule has 1 heterocycles. The summed E-state index contributed by atoms with van der Waals surface area (Å²) in [6.45, 7) is 2.37. The minimum absolute atomic E-state index is 0.0613. The van der Waals surface area contributed by atoms with Crippen molar-refractivity contribution in [1.29, 1.82) is 0 Å². The number of urea groups is 1. The number of halogens is 1. The number of likely N-dealkylation sites (tertiary alicyclic amines) is 1. The molecule has 134 valence electrons. The van der Waals surface area contributed by atoms with E-state index < -0.39 is 0 Å². The summed E-state index contributed by atoms with van der Waals surface area (Å²) in [5.74, 6) is 0.639. The Balaban J connectivity index is 1.33. The highest BCUT2D eigenvalue weighted by molar-refractivity contribution is 5.78. The van der Waals surface area contributed by atoms with Crippen molar-refractivity contribution in [2.45, 2.75) is 19.3 Å². The fourth-order valence-electron chi connectivity index (χ4n) is 3.56. The van der Waals surface area contributed by atoms with Crippen LogP contribution in [0.25, 0.3) is 0 Å². The second-order valence-electron chi connectivity index (χ2n) is 6.76. The number of amides is 3. The molecule has 2 aliphatic rings. The van der Waals surface area contributed by atoms with E-state index in [4.69, 9.17) is 0 Å². The van der Waals surface area contributed by atoms with E-state index in [1.807, 2.05) is 4.90 Å². The van der Waals surface area contributed by atoms with Gasteiger partial charge in [-0.25, -0.2) is 9.18 Å². The highest BCUT2D eigenvalue weighted by Gasteiger charge is 2.34. The normalized spacial score (nSPS) is 21.7. The lowest BCUT2D eigenvalue weighted by Crippen LogP contribution is -2.42. The first-order valence-electron chi connectivity index (χ1n) is 8.81. The lowest BCUT2D eigenvalue weighted by Gasteiger charge is -2.17. The Hall–Kier alpha value is -2.37. The van der Waals surface area contributed by atoms with Crippen molar-refractivity contribution in [3.05, 3.63) is 47.8 Å². The summed E-state index contributed by atoms with van der Waals surface area (Å²) in [6, 6.07) is 5.94. The summed E-state index contributed by atoms with van der Waals surface area (Å²) in [7, 11) is 0. The average molecular weight is 345 g/mol. The van der Waals surface area contributed by atoms with Crippen LogP contribution in [0.5, 0.6) is 0 Å². The molecule has 1 saturated heterocycles. The molecule has 3 rings (SSSR count). The predicted molar refractivity (Wildman–Crippen MR) is 93.4 cm³/mol. The molecule has 2 atom stereocenters. The highest BCUT2D eigenvalue weighted by Crippen LogP contribution is 2.32. The molecule has 1 aliphatic heterocycles. The van der Waals surface area contributed by atoms with Gasteiger partial charge in [0.25, 0.3) is 0 Å². The smallest absolute Gasteiger partial charge is 0.317 e. The van der Waals surface area contributed by atoms with Crippen molar-refractivity contribution in [3.8, 4) is 0 Å². The number of nitrogens with one attached hydrogen (secondary N) is 2. The number of benzene rings is 1. The zero-order valence-corrected chi connectivity index (χ0v) is 14.2. The van der Waals surface area contributed by atoms with Crippen molar-refractivity contribution < 1.29 is 14.0 Å². The molecule has 0 spiro atoms. The Morgan fingerprint density at radius 3 is 2.44 bits per heavy atom. The zero-order valence-electron chi connectivity index (χ0n) is 14.2. The fraction of sp³-hybridized carbons (Fsp3) is 0.474. The molecule has 1 fully saturated rings. The van der Waals surface area contributed by atoms with Gasteiger partial charge in [0.1, 0.15) is 5.82 Å². The lowest BCUT2D eigenvalue weighted by atomic mass is 9.86. The number of rotatable bonds is 5. The minimum Gasteiger partial charge on any atom is -0.354 e. The highest BCUT2D eigenvalue weighted by atomic mass is 19.1. The van der Waals surface area contributed by atoms with E-state index >= 15 is 0 Å². The molecular formula is C19H24FN3O2. The fourth-order valence-corrected chi connectivity index (χ4v) is 3.56. The SMILES string of the molecule is O=C(Cc1cccc(F)c1)NCCNC(=O)N1C[C@H]2CC=CC[C@H]2C1. The van der Waals surface area contributed by atoms with Crippen molar-refractivity contribution in [2.24, 2.45) is 11.8 Å². The maximum atomic E-state index is 13.1. The van der Waals surface area contributed by atoms with E-state index in [0.29, 0.717) is 30.5 Å². The van der Waals surface area contributed by atoms with Crippen molar-refractivity contribution in [3.63, 3.8) is 0 Å². The molecule has 5 nitrogen and oxygen atoms in total. The van der Waals surface area contributed by atoms with Gasteiger partial charge in [-0.3, -0.25) is 4.79 Å². The summed E-state index contributed by atoms with van der Waals surface area (Å²) >= 11 is 0. The van der Waals surface area contributed by atoms with E-state index in [9.17, 15) is 14.0 Å². The van der Waals surface area contributed by atoms with Gasteiger partial charge in [0.15, 0.2) is 0 Å². The quantitative estimate of drug-likeness (QED) is 0.634. The molecule has 1 aliphatic carbocycles. The summed E-state index contributed by atoms with van der Waals surface area (Å²) < 4.78 is 13.1. The standard InChI is InChI=1S/C19H24FN3O2/c20-17-7-3-4-14(10-17)11-18(24)21-8-9-22-19(25)23-12-15-5-1-2-6-16(15)13-23/h1-4,7,10,15-16H,5-6,8-9,11-13H2,(H,21,24)(H,22,25)/t15-,16+. The molecule has 0 bridgehead atoms. The first-order chi connectivity index (χ1) is 12.1. The largest absolute Gasteiger partial charge is 0.354 e. The molecule has 6 heteroatoms. The zero-order chi connectivity index (χ0) is 17.6. The van der Waals surface area contributed by atoms with Crippen LogP contribution in [0, 0.1) is 17.7 Å². The van der Waals surface area contributed by atoms with Crippen LogP contribution in [-0.2, 0) is 11.2 Å². The average Bonchev–Trinajstić information content (AvgIpc) is 3.03. The Bertz CT molecular complexity index is 646. The predicted octanol–water partition coefficient (Wildman–Crippen LogP) is 2.09. The van der Waals surface area contributed by atoms with E-state index in [-0.39, 0.29) is 24.2 Å². The Morgan fingerprint density at radius 1 is 1.08 bits per heavy atom. The van der Waals surface area contributed by atoms with Gasteiger partial charge in [-0.05, 0) is 42.4 Å². The second-order valence-corrected chi connectivity index (χ2v) is 6.76. The maximum absolute atomic E-state index is 13.1. The van der Waals surface area contributed by atoms with Gasteiger partial charge in [-0.15, -0.1) is 0 Å². The van der Waals surface area contributed by atoms with Crippen LogP contribution in [0.2, 0.25) is 0 Å². The van der Waals surface area contributed by atoms with E-state index in [2.05, 4.69) is 22.8 Å². The van der Waals surface area contributed by atoms with Gasteiger partial charge in [0.05, 0.1) is 6.42 Å². The summed E-state index contributed by atoms with van der Waals surface area (Å²) in [5, 5.41) is 5.60. The van der Waals surface area contributed by atoms with E-state index in [1.165, 1.54) is 12.1 Å². The van der Waals surface area contributed by atoms with Gasteiger partial charge in [0, 0.05) is 26.2 Å². The lowest BCUT2D eigenvalue weighted by molar-refractivity contribution is -0.120. The molecule has 0 unspecified atom stereocenters. The van der Waals surface area contributed by atoms with Gasteiger partial charge in [-0.1, -0.05) is 24.3 Å². The molecule has 1 aromatic rings. The Labute approximate surface area is 147 Å². The molecular weight excluding hydrogens is 321 g/mol. The summed E-state index contributed by atoms with van der Waals surface area (Å²) in [6.07, 6.45) is 6.66. The third-order valence-corrected chi connectivity index (χ3v) is 4.89. The Kier molecular flexibility index (Phi) is 5.68. The first-order valence-corrected chi connectivity index (χ1v) is 8.81. The van der Waals surface area contributed by atoms with Crippen LogP contribution >= 0.6 is 0 Å². The third kappa shape index (κ3) is 4.81. The monoisotopic (exact) mass is 345 g/mol. The number of hydrogen-bond acceptors (Lipinski definition) is 2. The van der Waals surface area contributed by atoms with Crippen LogP contribution in [0.1, 0.15) is 18.4 Å². The number of carbonyl (C=O) groups is 2. The maximum Gasteiger partial charge on any atom is 0.317 e. The molecule has 0 radical (unpaired) electrons. The second kappa shape index (κ2) is 8.14. The minimum atomic E-state index is -0.348. The van der Waals surface area contributed by atoms with Crippen LogP contribution in [-0.4, -0.2) is 43.0 Å². The molecule has 0 aromatic heterocycles. The number of hydrogen-bond donors (Lipinski definition) is 2. The Morgan fingerprint density at radius 2 is 1.76 bits per heavy atom. The van der Waals surface area contributed by atoms with Gasteiger partial charge in [0.2, 0.25) is 5.91 Å². The van der Waals surface area contributed by atoms with E-state index in [0.717, 1.165) is 25.9 Å². The first kappa shape index (κ1) is 17.5. The van der Waals surface area contributed by atoms with E-state index in [1.54, 1.807) is 12.1 Å². The van der Waals surface area contributed by atoms with Crippen molar-refractivity contribution in [1.82, 2.24) is 15.5 Å². The number of nitrogens with zero attached hydrogens (tertiary/aromatic N) is 1. The molecule has 0 saturated carbocycles. The van der Waals surface area contributed by atoms with Crippen LogP contribution in [0.15, 0.2) is 36.4 Å². The molecule has 2 N–H and O–H groups in total. The van der Waals surface area contributed by atoms with Crippen molar-refractivity contribution >= 4 is 11.9 Å². The third-order valence-electron chi connectivity index (χ3n) is 4.89. The summed E-state index contributed by atoms with van der Waals surface area (Å²) in [4.78, 5) is 25.9. The van der Waals surface area contributed by atoms with Gasteiger partial charge in [-0.2, -0.15) is 0 Å². The van der Waals surface area contributed by atoms with Crippen molar-refractivity contribution in [2.75, 3.05) is 26.2 Å². The number of fused-ring (bicyclic) bond motifs is 1. The van der Waals surface area contributed by atoms with Crippen LogP contribution < -0.4 is 10.6 Å². The molecule has 25 heavy (non-hydrogen) atoms.